The minimum Gasteiger partial charge on any atom is -0.399 e. The number of rotatable bonds is 2. The number of hydrogen-bond acceptors (Lipinski definition) is 5. The van der Waals surface area contributed by atoms with Gasteiger partial charge in [-0.1, -0.05) is 12.1 Å². The first-order valence-electron chi connectivity index (χ1n) is 6.33. The zero-order valence-electron chi connectivity index (χ0n) is 10.9. The minimum atomic E-state index is 0.464. The summed E-state index contributed by atoms with van der Waals surface area (Å²) in [4.78, 5) is 7.21. The predicted octanol–water partition coefficient (Wildman–Crippen LogP) is 3.11. The Morgan fingerprint density at radius 2 is 2.11 bits per heavy atom. The molecule has 1 aliphatic heterocycles. The van der Waals surface area contributed by atoms with Crippen LogP contribution in [0.5, 0.6) is 0 Å². The highest BCUT2D eigenvalue weighted by atomic mass is 32.2. The van der Waals surface area contributed by atoms with Crippen molar-refractivity contribution >= 4 is 28.8 Å². The summed E-state index contributed by atoms with van der Waals surface area (Å²) in [5.41, 5.74) is 8.71. The lowest BCUT2D eigenvalue weighted by Crippen LogP contribution is -2.32. The predicted molar refractivity (Wildman–Crippen MR) is 84.7 cm³/mol. The third-order valence-electron chi connectivity index (χ3n) is 3.41. The van der Waals surface area contributed by atoms with Crippen LogP contribution in [0.4, 0.5) is 5.69 Å². The molecular weight excluding hydrogens is 274 g/mol. The zero-order chi connectivity index (χ0) is 13.2. The maximum Gasteiger partial charge on any atom is 0.111 e. The van der Waals surface area contributed by atoms with E-state index in [4.69, 9.17) is 10.7 Å². The number of nitrogens with two attached hydrogens (primary N) is 1. The van der Waals surface area contributed by atoms with Gasteiger partial charge in [-0.15, -0.1) is 11.3 Å². The fraction of sp³-hybridized carbons (Fsp3) is 0.357. The van der Waals surface area contributed by atoms with Crippen LogP contribution < -0.4 is 5.73 Å². The summed E-state index contributed by atoms with van der Waals surface area (Å²) in [7, 11) is 2.19. The molecule has 19 heavy (non-hydrogen) atoms. The van der Waals surface area contributed by atoms with Crippen molar-refractivity contribution in [2.75, 3.05) is 30.8 Å². The van der Waals surface area contributed by atoms with Crippen LogP contribution in [0, 0.1) is 0 Å². The van der Waals surface area contributed by atoms with Crippen LogP contribution in [-0.4, -0.2) is 35.0 Å². The van der Waals surface area contributed by atoms with Crippen molar-refractivity contribution in [1.29, 1.82) is 0 Å². The number of aromatic nitrogens is 1. The van der Waals surface area contributed by atoms with Crippen molar-refractivity contribution in [3.63, 3.8) is 0 Å². The van der Waals surface area contributed by atoms with Gasteiger partial charge in [0.25, 0.3) is 0 Å². The van der Waals surface area contributed by atoms with Crippen molar-refractivity contribution in [3.05, 3.63) is 34.7 Å². The van der Waals surface area contributed by atoms with Gasteiger partial charge in [0.1, 0.15) is 5.01 Å². The molecule has 1 aromatic heterocycles. The summed E-state index contributed by atoms with van der Waals surface area (Å²) in [6.07, 6.45) is 0. The molecule has 0 radical (unpaired) electrons. The molecule has 1 atom stereocenters. The quantitative estimate of drug-likeness (QED) is 0.863. The molecule has 1 aliphatic rings. The normalized spacial score (nSPS) is 20.6. The van der Waals surface area contributed by atoms with Crippen molar-refractivity contribution in [1.82, 2.24) is 9.88 Å². The maximum atomic E-state index is 5.72. The summed E-state index contributed by atoms with van der Waals surface area (Å²) in [5, 5.41) is 3.37. The van der Waals surface area contributed by atoms with E-state index in [1.807, 2.05) is 36.0 Å². The number of thioether (sulfide) groups is 1. The van der Waals surface area contributed by atoms with Gasteiger partial charge in [-0.2, -0.15) is 11.8 Å². The van der Waals surface area contributed by atoms with E-state index in [2.05, 4.69) is 17.3 Å². The van der Waals surface area contributed by atoms with Gasteiger partial charge in [-0.05, 0) is 19.2 Å². The second kappa shape index (κ2) is 5.53. The Balaban J connectivity index is 1.84. The Hall–Kier alpha value is -1.04. The number of nitrogen functional groups attached to an aromatic ring is 1. The van der Waals surface area contributed by atoms with Gasteiger partial charge in [0.15, 0.2) is 0 Å². The fourth-order valence-corrected chi connectivity index (χ4v) is 4.49. The maximum absolute atomic E-state index is 5.72. The molecule has 3 nitrogen and oxygen atoms in total. The van der Waals surface area contributed by atoms with Crippen molar-refractivity contribution in [3.8, 4) is 11.3 Å². The highest BCUT2D eigenvalue weighted by Crippen LogP contribution is 2.32. The lowest BCUT2D eigenvalue weighted by atomic mass is 10.1. The Bertz CT molecular complexity index is 550. The van der Waals surface area contributed by atoms with E-state index in [0.717, 1.165) is 29.2 Å². The standard InChI is InChI=1S/C14H17N3S2/c1-17-6-7-18-9-13(17)14-16-12(8-19-14)10-2-4-11(15)5-3-10/h2-5,8,13H,6-7,9,15H2,1H3. The highest BCUT2D eigenvalue weighted by Gasteiger charge is 2.23. The number of benzene rings is 1. The molecule has 2 N–H and O–H groups in total. The van der Waals surface area contributed by atoms with E-state index >= 15 is 0 Å². The van der Waals surface area contributed by atoms with Crippen LogP contribution >= 0.6 is 23.1 Å². The van der Waals surface area contributed by atoms with E-state index in [-0.39, 0.29) is 0 Å². The van der Waals surface area contributed by atoms with Gasteiger partial charge < -0.3 is 5.73 Å². The Labute approximate surface area is 121 Å². The molecular formula is C14H17N3S2. The van der Waals surface area contributed by atoms with Crippen LogP contribution in [0.3, 0.4) is 0 Å². The van der Waals surface area contributed by atoms with Gasteiger partial charge in [-0.25, -0.2) is 4.98 Å². The van der Waals surface area contributed by atoms with E-state index in [9.17, 15) is 0 Å². The van der Waals surface area contributed by atoms with Crippen molar-refractivity contribution in [2.24, 2.45) is 0 Å². The Kier molecular flexibility index (Phi) is 3.77. The van der Waals surface area contributed by atoms with Gasteiger partial charge in [0.2, 0.25) is 0 Å². The first-order chi connectivity index (χ1) is 9.24. The molecule has 0 amide bonds. The second-order valence-corrected chi connectivity index (χ2v) is 6.80. The topological polar surface area (TPSA) is 42.2 Å². The average Bonchev–Trinajstić information content (AvgIpc) is 2.89. The number of thiazole rings is 1. The van der Waals surface area contributed by atoms with Crippen LogP contribution in [0.25, 0.3) is 11.3 Å². The Morgan fingerprint density at radius 3 is 2.84 bits per heavy atom. The number of anilines is 1. The Morgan fingerprint density at radius 1 is 1.32 bits per heavy atom. The highest BCUT2D eigenvalue weighted by molar-refractivity contribution is 7.99. The average molecular weight is 291 g/mol. The van der Waals surface area contributed by atoms with Gasteiger partial charge in [0.05, 0.1) is 11.7 Å². The van der Waals surface area contributed by atoms with Crippen LogP contribution in [0.1, 0.15) is 11.0 Å². The molecule has 1 fully saturated rings. The van der Waals surface area contributed by atoms with Gasteiger partial charge >= 0.3 is 0 Å². The van der Waals surface area contributed by atoms with E-state index in [0.29, 0.717) is 6.04 Å². The number of nitrogens with zero attached hydrogens (tertiary/aromatic N) is 2. The minimum absolute atomic E-state index is 0.464. The van der Waals surface area contributed by atoms with Gasteiger partial charge in [0, 0.05) is 34.7 Å². The first-order valence-corrected chi connectivity index (χ1v) is 8.37. The molecule has 2 aromatic rings. The summed E-state index contributed by atoms with van der Waals surface area (Å²) < 4.78 is 0. The molecule has 0 saturated carbocycles. The molecule has 0 spiro atoms. The molecule has 2 heterocycles. The molecule has 5 heteroatoms. The SMILES string of the molecule is CN1CCSCC1c1nc(-c2ccc(N)cc2)cs1. The lowest BCUT2D eigenvalue weighted by Gasteiger charge is -2.30. The molecule has 0 bridgehead atoms. The van der Waals surface area contributed by atoms with Crippen LogP contribution in [-0.2, 0) is 0 Å². The van der Waals surface area contributed by atoms with Gasteiger partial charge in [-0.3, -0.25) is 4.90 Å². The lowest BCUT2D eigenvalue weighted by molar-refractivity contribution is 0.274. The molecule has 0 aliphatic carbocycles. The largest absolute Gasteiger partial charge is 0.399 e. The molecule has 1 aromatic carbocycles. The van der Waals surface area contributed by atoms with Crippen LogP contribution in [0.2, 0.25) is 0 Å². The third-order valence-corrected chi connectivity index (χ3v) is 5.38. The fourth-order valence-electron chi connectivity index (χ4n) is 2.17. The monoisotopic (exact) mass is 291 g/mol. The summed E-state index contributed by atoms with van der Waals surface area (Å²) in [6, 6.07) is 8.39. The van der Waals surface area contributed by atoms with Crippen molar-refractivity contribution < 1.29 is 0 Å². The number of hydrogen-bond donors (Lipinski definition) is 1. The molecule has 100 valence electrons. The van der Waals surface area contributed by atoms with Crippen molar-refractivity contribution in [2.45, 2.75) is 6.04 Å². The molecule has 1 saturated heterocycles. The van der Waals surface area contributed by atoms with Crippen LogP contribution in [0.15, 0.2) is 29.6 Å². The summed E-state index contributed by atoms with van der Waals surface area (Å²) in [5.74, 6) is 2.37. The summed E-state index contributed by atoms with van der Waals surface area (Å²) >= 11 is 3.78. The van der Waals surface area contributed by atoms with E-state index in [1.54, 1.807) is 11.3 Å². The van der Waals surface area contributed by atoms with E-state index < -0.39 is 0 Å². The van der Waals surface area contributed by atoms with E-state index in [1.165, 1.54) is 10.8 Å². The zero-order valence-corrected chi connectivity index (χ0v) is 12.5. The summed E-state index contributed by atoms with van der Waals surface area (Å²) in [6.45, 7) is 1.14. The molecule has 3 rings (SSSR count). The second-order valence-electron chi connectivity index (χ2n) is 4.76. The smallest absolute Gasteiger partial charge is 0.111 e. The molecule has 1 unspecified atom stereocenters. The first kappa shape index (κ1) is 13.0. The third kappa shape index (κ3) is 2.78.